The molecule has 0 radical (unpaired) electrons. The number of piperidine rings is 1. The molecule has 0 spiro atoms. The van der Waals surface area contributed by atoms with Gasteiger partial charge in [0.15, 0.2) is 0 Å². The van der Waals surface area contributed by atoms with Crippen LogP contribution in [0.4, 0.5) is 5.95 Å². The largest absolute Gasteiger partial charge is 0.347 e. The van der Waals surface area contributed by atoms with Gasteiger partial charge < -0.3 is 4.90 Å². The Hall–Kier alpha value is -1.95. The van der Waals surface area contributed by atoms with Gasteiger partial charge in [-0.2, -0.15) is 5.10 Å². The average Bonchev–Trinajstić information content (AvgIpc) is 2.93. The van der Waals surface area contributed by atoms with E-state index in [4.69, 9.17) is 4.98 Å². The van der Waals surface area contributed by atoms with Crippen LogP contribution in [0.25, 0.3) is 0 Å². The molecule has 1 unspecified atom stereocenters. The summed E-state index contributed by atoms with van der Waals surface area (Å²) in [5.41, 5.74) is 2.39. The molecule has 1 saturated heterocycles. The normalized spacial score (nSPS) is 19.3. The fourth-order valence-electron chi connectivity index (χ4n) is 3.07. The third-order valence-corrected chi connectivity index (χ3v) is 4.16. The zero-order chi connectivity index (χ0) is 15.5. The molecule has 3 heterocycles. The first-order valence-electron chi connectivity index (χ1n) is 7.85. The van der Waals surface area contributed by atoms with Crippen LogP contribution in [0.15, 0.2) is 24.7 Å². The van der Waals surface area contributed by atoms with Crippen LogP contribution in [-0.2, 0) is 13.6 Å². The summed E-state index contributed by atoms with van der Waals surface area (Å²) >= 11 is 0. The lowest BCUT2D eigenvalue weighted by atomic mass is 9.98. The van der Waals surface area contributed by atoms with Gasteiger partial charge in [-0.3, -0.25) is 9.58 Å². The van der Waals surface area contributed by atoms with Crippen molar-refractivity contribution in [3.63, 3.8) is 0 Å². The molecular formula is C16H24N6. The maximum absolute atomic E-state index is 4.75. The third-order valence-electron chi connectivity index (χ3n) is 4.16. The van der Waals surface area contributed by atoms with Crippen molar-refractivity contribution in [3.05, 3.63) is 35.9 Å². The zero-order valence-electron chi connectivity index (χ0n) is 13.6. The van der Waals surface area contributed by atoms with Crippen molar-refractivity contribution < 1.29 is 0 Å². The lowest BCUT2D eigenvalue weighted by Gasteiger charge is -2.35. The van der Waals surface area contributed by atoms with Crippen molar-refractivity contribution in [3.8, 4) is 0 Å². The Labute approximate surface area is 131 Å². The molecule has 1 aliphatic rings. The number of hydrogen-bond acceptors (Lipinski definition) is 5. The third kappa shape index (κ3) is 3.27. The summed E-state index contributed by atoms with van der Waals surface area (Å²) in [6.45, 7) is 2.04. The minimum Gasteiger partial charge on any atom is -0.347 e. The molecule has 6 nitrogen and oxygen atoms in total. The van der Waals surface area contributed by atoms with Crippen LogP contribution >= 0.6 is 0 Å². The Morgan fingerprint density at radius 1 is 1.32 bits per heavy atom. The Kier molecular flexibility index (Phi) is 4.38. The van der Waals surface area contributed by atoms with E-state index in [1.165, 1.54) is 18.4 Å². The summed E-state index contributed by atoms with van der Waals surface area (Å²) in [5, 5.41) is 4.27. The molecule has 3 rings (SSSR count). The summed E-state index contributed by atoms with van der Waals surface area (Å²) < 4.78 is 1.86. The van der Waals surface area contributed by atoms with Crippen molar-refractivity contribution >= 4 is 5.95 Å². The number of rotatable bonds is 4. The molecule has 0 aliphatic carbocycles. The summed E-state index contributed by atoms with van der Waals surface area (Å²) in [7, 11) is 5.92. The van der Waals surface area contributed by atoms with Gasteiger partial charge in [-0.25, -0.2) is 9.97 Å². The lowest BCUT2D eigenvalue weighted by Crippen LogP contribution is -2.33. The minimum absolute atomic E-state index is 0.371. The van der Waals surface area contributed by atoms with Crippen molar-refractivity contribution in [2.75, 3.05) is 25.5 Å². The Balaban J connectivity index is 1.81. The molecular weight excluding hydrogens is 276 g/mol. The maximum atomic E-state index is 4.75. The maximum Gasteiger partial charge on any atom is 0.225 e. The van der Waals surface area contributed by atoms with Crippen LogP contribution in [0.5, 0.6) is 0 Å². The Morgan fingerprint density at radius 2 is 2.18 bits per heavy atom. The van der Waals surface area contributed by atoms with Crippen molar-refractivity contribution in [1.29, 1.82) is 0 Å². The summed E-state index contributed by atoms with van der Waals surface area (Å²) in [5.74, 6) is 0.782. The van der Waals surface area contributed by atoms with Crippen molar-refractivity contribution in [2.24, 2.45) is 7.05 Å². The van der Waals surface area contributed by atoms with Crippen LogP contribution in [-0.4, -0.2) is 45.3 Å². The predicted molar refractivity (Wildman–Crippen MR) is 86.6 cm³/mol. The first kappa shape index (κ1) is 15.0. The van der Waals surface area contributed by atoms with E-state index in [1.807, 2.05) is 43.1 Å². The van der Waals surface area contributed by atoms with Gasteiger partial charge in [-0.05, 0) is 25.5 Å². The highest BCUT2D eigenvalue weighted by Crippen LogP contribution is 2.31. The number of anilines is 1. The highest BCUT2D eigenvalue weighted by Gasteiger charge is 2.25. The van der Waals surface area contributed by atoms with Crippen LogP contribution in [0.1, 0.15) is 36.6 Å². The van der Waals surface area contributed by atoms with E-state index in [2.05, 4.69) is 27.2 Å². The van der Waals surface area contributed by atoms with E-state index >= 15 is 0 Å². The van der Waals surface area contributed by atoms with Crippen LogP contribution < -0.4 is 4.90 Å². The first-order valence-corrected chi connectivity index (χ1v) is 7.85. The van der Waals surface area contributed by atoms with E-state index in [-0.39, 0.29) is 0 Å². The topological polar surface area (TPSA) is 50.1 Å². The van der Waals surface area contributed by atoms with Gasteiger partial charge in [-0.15, -0.1) is 0 Å². The van der Waals surface area contributed by atoms with E-state index in [9.17, 15) is 0 Å². The number of aromatic nitrogens is 4. The second-order valence-electron chi connectivity index (χ2n) is 6.18. The molecule has 0 saturated carbocycles. The molecule has 1 fully saturated rings. The van der Waals surface area contributed by atoms with Gasteiger partial charge >= 0.3 is 0 Å². The van der Waals surface area contributed by atoms with Gasteiger partial charge in [0.1, 0.15) is 0 Å². The van der Waals surface area contributed by atoms with E-state index < -0.39 is 0 Å². The van der Waals surface area contributed by atoms with Crippen molar-refractivity contribution in [2.45, 2.75) is 31.8 Å². The number of nitrogens with zero attached hydrogens (tertiary/aromatic N) is 6. The number of aryl methyl sites for hydroxylation is 1. The molecule has 1 atom stereocenters. The smallest absolute Gasteiger partial charge is 0.225 e. The first-order chi connectivity index (χ1) is 10.6. The zero-order valence-corrected chi connectivity index (χ0v) is 13.6. The molecule has 2 aromatic heterocycles. The Bertz CT molecular complexity index is 621. The summed E-state index contributed by atoms with van der Waals surface area (Å²) in [4.78, 5) is 13.5. The number of likely N-dealkylation sites (tertiary alicyclic amines) is 1. The monoisotopic (exact) mass is 300 g/mol. The standard InChI is InChI=1S/C16H24N6/c1-20(2)16-17-8-7-14(19-16)15-6-4-5-9-22(15)12-13-10-18-21(3)11-13/h7-8,10-11,15H,4-6,9,12H2,1-3H3. The molecule has 0 N–H and O–H groups in total. The molecule has 0 amide bonds. The molecule has 0 bridgehead atoms. The van der Waals surface area contributed by atoms with Gasteiger partial charge in [0, 0.05) is 45.6 Å². The van der Waals surface area contributed by atoms with Gasteiger partial charge in [0.2, 0.25) is 5.95 Å². The quantitative estimate of drug-likeness (QED) is 0.864. The molecule has 6 heteroatoms. The van der Waals surface area contributed by atoms with Crippen LogP contribution in [0.3, 0.4) is 0 Å². The highest BCUT2D eigenvalue weighted by atomic mass is 15.3. The van der Waals surface area contributed by atoms with E-state index in [1.54, 1.807) is 0 Å². The van der Waals surface area contributed by atoms with Crippen LogP contribution in [0, 0.1) is 0 Å². The van der Waals surface area contributed by atoms with Gasteiger partial charge in [-0.1, -0.05) is 6.42 Å². The second kappa shape index (κ2) is 6.44. The Morgan fingerprint density at radius 3 is 2.91 bits per heavy atom. The van der Waals surface area contributed by atoms with Gasteiger partial charge in [0.05, 0.1) is 17.9 Å². The fourth-order valence-corrected chi connectivity index (χ4v) is 3.07. The molecule has 0 aromatic carbocycles. The SMILES string of the molecule is CN(C)c1nccc(C2CCCCN2Cc2cnn(C)c2)n1. The van der Waals surface area contributed by atoms with E-state index in [0.29, 0.717) is 6.04 Å². The fraction of sp³-hybridized carbons (Fsp3) is 0.562. The molecule has 22 heavy (non-hydrogen) atoms. The van der Waals surface area contributed by atoms with E-state index in [0.717, 1.165) is 31.2 Å². The molecule has 1 aliphatic heterocycles. The second-order valence-corrected chi connectivity index (χ2v) is 6.18. The summed E-state index contributed by atoms with van der Waals surface area (Å²) in [6.07, 6.45) is 9.59. The van der Waals surface area contributed by atoms with Crippen molar-refractivity contribution in [1.82, 2.24) is 24.6 Å². The molecule has 118 valence electrons. The highest BCUT2D eigenvalue weighted by molar-refractivity contribution is 5.28. The predicted octanol–water partition coefficient (Wildman–Crippen LogP) is 2.00. The minimum atomic E-state index is 0.371. The number of hydrogen-bond donors (Lipinski definition) is 0. The molecule has 2 aromatic rings. The summed E-state index contributed by atoms with van der Waals surface area (Å²) in [6, 6.07) is 2.43. The lowest BCUT2D eigenvalue weighted by molar-refractivity contribution is 0.137. The average molecular weight is 300 g/mol. The van der Waals surface area contributed by atoms with Crippen LogP contribution in [0.2, 0.25) is 0 Å². The van der Waals surface area contributed by atoms with Gasteiger partial charge in [0.25, 0.3) is 0 Å².